The molecule has 1 aliphatic heterocycles. The van der Waals surface area contributed by atoms with E-state index < -0.39 is 10.0 Å². The Balaban J connectivity index is 0.00000289. The van der Waals surface area contributed by atoms with Crippen LogP contribution in [0.25, 0.3) is 11.1 Å². The molecule has 0 radical (unpaired) electrons. The van der Waals surface area contributed by atoms with Crippen LogP contribution in [-0.4, -0.2) is 40.6 Å². The Labute approximate surface area is 200 Å². The van der Waals surface area contributed by atoms with E-state index in [0.29, 0.717) is 16.5 Å². The van der Waals surface area contributed by atoms with Crippen LogP contribution in [0.15, 0.2) is 65.6 Å². The first-order chi connectivity index (χ1) is 14.9. The zero-order valence-electron chi connectivity index (χ0n) is 18.0. The number of halogens is 2. The summed E-state index contributed by atoms with van der Waals surface area (Å²) in [6.45, 7) is 1.92. The Morgan fingerprint density at radius 3 is 2.00 bits per heavy atom. The number of methoxy groups -OCH3 is 1. The van der Waals surface area contributed by atoms with Crippen LogP contribution in [-0.2, 0) is 22.9 Å². The molecular formula is C24H26Cl2N2O3S. The van der Waals surface area contributed by atoms with E-state index in [-0.39, 0.29) is 17.3 Å². The molecule has 0 fully saturated rings. The lowest BCUT2D eigenvalue weighted by Gasteiger charge is -2.16. The maximum absolute atomic E-state index is 13.1. The third kappa shape index (κ3) is 5.38. The average molecular weight is 493 g/mol. The van der Waals surface area contributed by atoms with Crippen molar-refractivity contribution in [2.24, 2.45) is 0 Å². The van der Waals surface area contributed by atoms with Crippen LogP contribution in [0.5, 0.6) is 5.75 Å². The number of fused-ring (bicyclic) bond motifs is 1. The minimum Gasteiger partial charge on any atom is -0.495 e. The largest absolute Gasteiger partial charge is 0.495 e. The summed E-state index contributed by atoms with van der Waals surface area (Å²) in [6.07, 6.45) is 1.79. The Morgan fingerprint density at radius 2 is 1.44 bits per heavy atom. The maximum Gasteiger partial charge on any atom is 0.262 e. The molecule has 170 valence electrons. The van der Waals surface area contributed by atoms with Crippen molar-refractivity contribution in [3.05, 3.63) is 76.8 Å². The fourth-order valence-corrected chi connectivity index (χ4v) is 4.98. The summed E-state index contributed by atoms with van der Waals surface area (Å²) in [7, 11) is -0.103. The first kappa shape index (κ1) is 24.4. The summed E-state index contributed by atoms with van der Waals surface area (Å²) >= 11 is 5.95. The van der Waals surface area contributed by atoms with Gasteiger partial charge >= 0.3 is 0 Å². The van der Waals surface area contributed by atoms with E-state index in [1.165, 1.54) is 5.56 Å². The monoisotopic (exact) mass is 492 g/mol. The summed E-state index contributed by atoms with van der Waals surface area (Å²) in [4.78, 5) is 2.47. The van der Waals surface area contributed by atoms with Crippen molar-refractivity contribution in [2.45, 2.75) is 17.7 Å². The molecule has 32 heavy (non-hydrogen) atoms. The van der Waals surface area contributed by atoms with Crippen molar-refractivity contribution < 1.29 is 13.2 Å². The van der Waals surface area contributed by atoms with Crippen molar-refractivity contribution in [1.82, 2.24) is 4.90 Å². The molecule has 5 nitrogen and oxygen atoms in total. The van der Waals surface area contributed by atoms with Gasteiger partial charge in [0.25, 0.3) is 10.0 Å². The second kappa shape index (κ2) is 10.1. The molecule has 0 bridgehead atoms. The van der Waals surface area contributed by atoms with Crippen LogP contribution < -0.4 is 9.46 Å². The number of nitrogens with zero attached hydrogens (tertiary/aromatic N) is 1. The molecular weight excluding hydrogens is 467 g/mol. The molecule has 1 N–H and O–H groups in total. The van der Waals surface area contributed by atoms with Crippen LogP contribution in [0, 0.1) is 0 Å². The molecule has 1 heterocycles. The third-order valence-corrected chi connectivity index (χ3v) is 7.27. The Bertz CT molecular complexity index is 1180. The molecule has 0 saturated carbocycles. The molecule has 0 unspecified atom stereocenters. The second-order valence-corrected chi connectivity index (χ2v) is 9.88. The van der Waals surface area contributed by atoms with E-state index >= 15 is 0 Å². The van der Waals surface area contributed by atoms with Gasteiger partial charge in [-0.1, -0.05) is 35.9 Å². The highest BCUT2D eigenvalue weighted by atomic mass is 35.5. The van der Waals surface area contributed by atoms with Gasteiger partial charge in [0.1, 0.15) is 5.75 Å². The fourth-order valence-electron chi connectivity index (χ4n) is 3.79. The molecule has 0 spiro atoms. The van der Waals surface area contributed by atoms with Crippen molar-refractivity contribution in [1.29, 1.82) is 0 Å². The predicted molar refractivity (Wildman–Crippen MR) is 133 cm³/mol. The Kier molecular flexibility index (Phi) is 7.72. The highest BCUT2D eigenvalue weighted by molar-refractivity contribution is 7.92. The number of hydrogen-bond donors (Lipinski definition) is 1. The average Bonchev–Trinajstić information content (AvgIpc) is 2.95. The summed E-state index contributed by atoms with van der Waals surface area (Å²) in [6, 6.07) is 18.1. The molecule has 0 aromatic heterocycles. The van der Waals surface area contributed by atoms with Crippen molar-refractivity contribution in [2.75, 3.05) is 32.0 Å². The lowest BCUT2D eigenvalue weighted by molar-refractivity contribution is 0.352. The van der Waals surface area contributed by atoms with Gasteiger partial charge in [-0.05, 0) is 78.5 Å². The number of rotatable bonds is 5. The number of benzene rings is 3. The summed E-state index contributed by atoms with van der Waals surface area (Å²) in [5.41, 5.74) is 4.71. The molecule has 8 heteroatoms. The first-order valence-corrected chi connectivity index (χ1v) is 12.0. The molecule has 0 amide bonds. The van der Waals surface area contributed by atoms with E-state index in [4.69, 9.17) is 16.3 Å². The van der Waals surface area contributed by atoms with E-state index in [1.54, 1.807) is 31.4 Å². The number of anilines is 1. The zero-order chi connectivity index (χ0) is 22.0. The van der Waals surface area contributed by atoms with Crippen molar-refractivity contribution >= 4 is 39.7 Å². The van der Waals surface area contributed by atoms with Crippen molar-refractivity contribution in [3.8, 4) is 16.9 Å². The topological polar surface area (TPSA) is 58.6 Å². The summed E-state index contributed by atoms with van der Waals surface area (Å²) < 4.78 is 34.3. The first-order valence-electron chi connectivity index (χ1n) is 10.1. The number of hydrogen-bond acceptors (Lipinski definition) is 4. The highest BCUT2D eigenvalue weighted by Gasteiger charge is 2.20. The van der Waals surface area contributed by atoms with Crippen LogP contribution in [0.4, 0.5) is 5.69 Å². The van der Waals surface area contributed by atoms with Gasteiger partial charge in [0.15, 0.2) is 0 Å². The van der Waals surface area contributed by atoms with Gasteiger partial charge in [0.2, 0.25) is 0 Å². The van der Waals surface area contributed by atoms with Gasteiger partial charge in [0.05, 0.1) is 17.7 Å². The third-order valence-electron chi connectivity index (χ3n) is 5.63. The van der Waals surface area contributed by atoms with Crippen LogP contribution >= 0.6 is 24.0 Å². The second-order valence-electron chi connectivity index (χ2n) is 7.76. The lowest BCUT2D eigenvalue weighted by Crippen LogP contribution is -2.20. The van der Waals surface area contributed by atoms with Gasteiger partial charge in [-0.15, -0.1) is 12.4 Å². The maximum atomic E-state index is 13.1. The molecule has 3 aromatic rings. The summed E-state index contributed by atoms with van der Waals surface area (Å²) in [5.74, 6) is 0.532. The molecule has 3 aromatic carbocycles. The summed E-state index contributed by atoms with van der Waals surface area (Å²) in [5, 5.41) is 0.661. The molecule has 0 saturated heterocycles. The SMILES string of the molecule is COc1cc2c(cc1NS(=O)(=O)c1ccc(-c3ccc(Cl)cc3)cc1)CCN(C)CC2.Cl. The van der Waals surface area contributed by atoms with E-state index in [9.17, 15) is 8.42 Å². The normalized spacial score (nSPS) is 14.1. The molecule has 0 aliphatic carbocycles. The zero-order valence-corrected chi connectivity index (χ0v) is 20.4. The minimum absolute atomic E-state index is 0. The van der Waals surface area contributed by atoms with Gasteiger partial charge < -0.3 is 9.64 Å². The van der Waals surface area contributed by atoms with Gasteiger partial charge in [-0.25, -0.2) is 8.42 Å². The van der Waals surface area contributed by atoms with Gasteiger partial charge in [-0.2, -0.15) is 0 Å². The van der Waals surface area contributed by atoms with Gasteiger partial charge in [-0.3, -0.25) is 4.72 Å². The highest BCUT2D eigenvalue weighted by Crippen LogP contribution is 2.32. The Hall–Kier alpha value is -2.25. The predicted octanol–water partition coefficient (Wildman–Crippen LogP) is 5.27. The minimum atomic E-state index is -3.76. The fraction of sp³-hybridized carbons (Fsp3) is 0.250. The molecule has 1 aliphatic rings. The smallest absolute Gasteiger partial charge is 0.262 e. The number of nitrogens with one attached hydrogen (secondary N) is 1. The Morgan fingerprint density at radius 1 is 0.906 bits per heavy atom. The number of sulfonamides is 1. The number of ether oxygens (including phenoxy) is 1. The van der Waals surface area contributed by atoms with E-state index in [1.807, 2.05) is 36.4 Å². The quantitative estimate of drug-likeness (QED) is 0.526. The van der Waals surface area contributed by atoms with Crippen LogP contribution in [0.1, 0.15) is 11.1 Å². The van der Waals surface area contributed by atoms with E-state index in [2.05, 4.69) is 16.7 Å². The number of likely N-dealkylation sites (N-methyl/N-ethyl adjacent to an activating group) is 1. The lowest BCUT2D eigenvalue weighted by atomic mass is 10.0. The van der Waals surface area contributed by atoms with E-state index in [0.717, 1.165) is 42.6 Å². The van der Waals surface area contributed by atoms with Gasteiger partial charge in [0, 0.05) is 18.1 Å². The van der Waals surface area contributed by atoms with Crippen LogP contribution in [0.3, 0.4) is 0 Å². The molecule has 0 atom stereocenters. The standard InChI is InChI=1S/C24H25ClN2O3S.ClH/c1-27-13-11-19-15-23(24(30-2)16-20(19)12-14-27)26-31(28,29)22-9-5-18(6-10-22)17-3-7-21(25)8-4-17;/h3-10,15-16,26H,11-14H2,1-2H3;1H. The van der Waals surface area contributed by atoms with Crippen LogP contribution in [0.2, 0.25) is 5.02 Å². The molecule has 4 rings (SSSR count). The van der Waals surface area contributed by atoms with Crippen molar-refractivity contribution in [3.63, 3.8) is 0 Å².